The van der Waals surface area contributed by atoms with Crippen LogP contribution in [0.25, 0.3) is 0 Å². The Labute approximate surface area is 102 Å². The minimum atomic E-state index is -0.660. The van der Waals surface area contributed by atoms with E-state index in [-0.39, 0.29) is 18.8 Å². The molecule has 1 aliphatic heterocycles. The lowest BCUT2D eigenvalue weighted by atomic mass is 10.1. The summed E-state index contributed by atoms with van der Waals surface area (Å²) in [4.78, 5) is 33.6. The first kappa shape index (κ1) is 12.0. The van der Waals surface area contributed by atoms with Crippen LogP contribution in [0.15, 0.2) is 24.3 Å². The van der Waals surface area contributed by atoms with Crippen LogP contribution in [-0.2, 0) is 16.0 Å². The van der Waals surface area contributed by atoms with Gasteiger partial charge < -0.3 is 0 Å². The summed E-state index contributed by atoms with van der Waals surface area (Å²) in [5.74, 6) is -1.31. The Morgan fingerprint density at radius 2 is 2.00 bits per heavy atom. The highest BCUT2D eigenvalue weighted by Crippen LogP contribution is 2.04. The molecule has 2 rings (SSSR count). The highest BCUT2D eigenvalue weighted by molar-refractivity contribution is 6.02. The van der Waals surface area contributed by atoms with Crippen molar-refractivity contribution in [3.63, 3.8) is 0 Å². The molecule has 94 valence electrons. The molecule has 6 nitrogen and oxygen atoms in total. The third kappa shape index (κ3) is 2.82. The number of benzene rings is 1. The summed E-state index contributed by atoms with van der Waals surface area (Å²) in [6, 6.07) is 4.78. The number of hydrogen-bond acceptors (Lipinski definition) is 3. The third-order valence-corrected chi connectivity index (χ3v) is 2.33. The molecule has 0 aromatic heterocycles. The topological polar surface area (TPSA) is 78.5 Å². The minimum Gasteiger partial charge on any atom is -0.275 e. The highest BCUT2D eigenvalue weighted by atomic mass is 19.1. The van der Waals surface area contributed by atoms with E-state index in [9.17, 15) is 18.8 Å². The standard InChI is InChI=1S/C11H10FN3O3/c12-8-3-1-7(2-4-8)5-9(16)14-15-6-10(17)13-11(15)18/h1-4H,5-6H2,(H,14,16)(H,13,17,18). The van der Waals surface area contributed by atoms with Gasteiger partial charge in [0.2, 0.25) is 11.8 Å². The average Bonchev–Trinajstić information content (AvgIpc) is 2.61. The van der Waals surface area contributed by atoms with Crippen molar-refractivity contribution in [1.82, 2.24) is 15.8 Å². The van der Waals surface area contributed by atoms with Gasteiger partial charge in [0.15, 0.2) is 0 Å². The van der Waals surface area contributed by atoms with Gasteiger partial charge in [0.25, 0.3) is 0 Å². The molecule has 2 N–H and O–H groups in total. The Bertz CT molecular complexity index is 501. The fourth-order valence-corrected chi connectivity index (χ4v) is 1.51. The predicted molar refractivity (Wildman–Crippen MR) is 58.5 cm³/mol. The van der Waals surface area contributed by atoms with Crippen molar-refractivity contribution >= 4 is 17.8 Å². The molecule has 1 saturated heterocycles. The quantitative estimate of drug-likeness (QED) is 0.739. The molecule has 4 amide bonds. The van der Waals surface area contributed by atoms with Crippen LogP contribution in [0.4, 0.5) is 9.18 Å². The molecule has 1 aromatic carbocycles. The smallest absolute Gasteiger partial charge is 0.275 e. The Hall–Kier alpha value is -2.44. The third-order valence-electron chi connectivity index (χ3n) is 2.33. The largest absolute Gasteiger partial charge is 0.343 e. The van der Waals surface area contributed by atoms with Crippen molar-refractivity contribution in [3.8, 4) is 0 Å². The summed E-state index contributed by atoms with van der Waals surface area (Å²) in [5.41, 5.74) is 2.90. The predicted octanol–water partition coefficient (Wildman–Crippen LogP) is -0.0488. The number of imide groups is 1. The van der Waals surface area contributed by atoms with E-state index in [0.29, 0.717) is 5.56 Å². The lowest BCUT2D eigenvalue weighted by Gasteiger charge is -2.14. The summed E-state index contributed by atoms with van der Waals surface area (Å²) < 4.78 is 12.6. The Kier molecular flexibility index (Phi) is 3.22. The van der Waals surface area contributed by atoms with Crippen molar-refractivity contribution < 1.29 is 18.8 Å². The van der Waals surface area contributed by atoms with Gasteiger partial charge >= 0.3 is 6.03 Å². The summed E-state index contributed by atoms with van der Waals surface area (Å²) in [6.07, 6.45) is -0.00174. The summed E-state index contributed by atoms with van der Waals surface area (Å²) >= 11 is 0. The molecule has 1 aliphatic rings. The second kappa shape index (κ2) is 4.82. The van der Waals surface area contributed by atoms with Gasteiger partial charge in [-0.05, 0) is 17.7 Å². The molecule has 0 saturated carbocycles. The first-order valence-corrected chi connectivity index (χ1v) is 5.20. The van der Waals surface area contributed by atoms with Crippen LogP contribution < -0.4 is 10.7 Å². The molecule has 7 heteroatoms. The van der Waals surface area contributed by atoms with Gasteiger partial charge in [0, 0.05) is 0 Å². The van der Waals surface area contributed by atoms with Crippen LogP contribution >= 0.6 is 0 Å². The van der Waals surface area contributed by atoms with Crippen molar-refractivity contribution in [2.45, 2.75) is 6.42 Å². The number of amides is 4. The first-order valence-electron chi connectivity index (χ1n) is 5.20. The van der Waals surface area contributed by atoms with Crippen molar-refractivity contribution in [2.24, 2.45) is 0 Å². The number of nitrogens with zero attached hydrogens (tertiary/aromatic N) is 1. The lowest BCUT2D eigenvalue weighted by Crippen LogP contribution is -2.44. The molecular weight excluding hydrogens is 241 g/mol. The average molecular weight is 251 g/mol. The van der Waals surface area contributed by atoms with Gasteiger partial charge in [-0.2, -0.15) is 0 Å². The van der Waals surface area contributed by atoms with Crippen LogP contribution in [0.2, 0.25) is 0 Å². The van der Waals surface area contributed by atoms with Gasteiger partial charge in [-0.25, -0.2) is 14.2 Å². The van der Waals surface area contributed by atoms with Gasteiger partial charge in [0.05, 0.1) is 6.42 Å². The molecule has 1 fully saturated rings. The van der Waals surface area contributed by atoms with E-state index in [0.717, 1.165) is 5.01 Å². The van der Waals surface area contributed by atoms with Crippen LogP contribution in [-0.4, -0.2) is 29.4 Å². The van der Waals surface area contributed by atoms with E-state index < -0.39 is 17.8 Å². The molecule has 0 unspecified atom stereocenters. The van der Waals surface area contributed by atoms with Crippen molar-refractivity contribution in [1.29, 1.82) is 0 Å². The zero-order chi connectivity index (χ0) is 13.1. The van der Waals surface area contributed by atoms with Crippen LogP contribution in [0.5, 0.6) is 0 Å². The summed E-state index contributed by atoms with van der Waals surface area (Å²) in [6.45, 7) is -0.200. The van der Waals surface area contributed by atoms with E-state index in [1.54, 1.807) is 0 Å². The molecule has 0 aliphatic carbocycles. The van der Waals surface area contributed by atoms with E-state index in [1.807, 2.05) is 5.32 Å². The first-order chi connectivity index (χ1) is 8.54. The maximum absolute atomic E-state index is 12.6. The number of carbonyl (C=O) groups is 3. The number of hydrogen-bond donors (Lipinski definition) is 2. The lowest BCUT2D eigenvalue weighted by molar-refractivity contribution is -0.124. The second-order valence-electron chi connectivity index (χ2n) is 3.78. The molecule has 1 aromatic rings. The highest BCUT2D eigenvalue weighted by Gasteiger charge is 2.27. The van der Waals surface area contributed by atoms with E-state index in [4.69, 9.17) is 0 Å². The van der Waals surface area contributed by atoms with Crippen molar-refractivity contribution in [3.05, 3.63) is 35.6 Å². The Morgan fingerprint density at radius 3 is 2.56 bits per heavy atom. The SMILES string of the molecule is O=C1CN(NC(=O)Cc2ccc(F)cc2)C(=O)N1. The number of nitrogens with one attached hydrogen (secondary N) is 2. The van der Waals surface area contributed by atoms with Crippen LogP contribution in [0.1, 0.15) is 5.56 Å². The zero-order valence-electron chi connectivity index (χ0n) is 9.27. The molecular formula is C11H10FN3O3. The minimum absolute atomic E-state index is 0.00174. The van der Waals surface area contributed by atoms with Crippen molar-refractivity contribution in [2.75, 3.05) is 6.54 Å². The molecule has 0 spiro atoms. The molecule has 0 radical (unpaired) electrons. The fourth-order valence-electron chi connectivity index (χ4n) is 1.51. The monoisotopic (exact) mass is 251 g/mol. The Balaban J connectivity index is 1.91. The molecule has 0 atom stereocenters. The second-order valence-corrected chi connectivity index (χ2v) is 3.78. The van der Waals surface area contributed by atoms with E-state index in [1.165, 1.54) is 24.3 Å². The number of halogens is 1. The van der Waals surface area contributed by atoms with Gasteiger partial charge in [-0.3, -0.25) is 20.3 Å². The van der Waals surface area contributed by atoms with Gasteiger partial charge in [0.1, 0.15) is 12.4 Å². The maximum atomic E-state index is 12.6. The fraction of sp³-hybridized carbons (Fsp3) is 0.182. The maximum Gasteiger partial charge on any atom is 0.343 e. The van der Waals surface area contributed by atoms with E-state index >= 15 is 0 Å². The van der Waals surface area contributed by atoms with Gasteiger partial charge in [-0.1, -0.05) is 12.1 Å². The normalized spacial score (nSPS) is 14.6. The zero-order valence-corrected chi connectivity index (χ0v) is 9.27. The number of carbonyl (C=O) groups excluding carboxylic acids is 3. The summed E-state index contributed by atoms with van der Waals surface area (Å²) in [7, 11) is 0. The Morgan fingerprint density at radius 1 is 1.33 bits per heavy atom. The van der Waals surface area contributed by atoms with Crippen LogP contribution in [0, 0.1) is 5.82 Å². The van der Waals surface area contributed by atoms with Crippen LogP contribution in [0.3, 0.4) is 0 Å². The molecule has 1 heterocycles. The van der Waals surface area contributed by atoms with E-state index in [2.05, 4.69) is 5.43 Å². The number of hydrazine groups is 1. The molecule has 18 heavy (non-hydrogen) atoms. The molecule has 0 bridgehead atoms. The number of urea groups is 1. The van der Waals surface area contributed by atoms with Gasteiger partial charge in [-0.15, -0.1) is 0 Å². The summed E-state index contributed by atoms with van der Waals surface area (Å²) in [5, 5.41) is 2.92. The number of rotatable bonds is 3.